The van der Waals surface area contributed by atoms with Gasteiger partial charge in [-0.05, 0) is 30.7 Å². The number of hydrazone groups is 1. The standard InChI is InChI=1S/C18H18N4O2/c1-12-7-5-6-10-14(12)20-18(24)15-11-16(17(19)23)22(21-15)13-8-3-2-4-9-13/h2-10,16H,11H2,1H3,(H2,19,23)(H,20,24). The van der Waals surface area contributed by atoms with Gasteiger partial charge in [0.1, 0.15) is 11.8 Å². The predicted molar refractivity (Wildman–Crippen MR) is 93.8 cm³/mol. The summed E-state index contributed by atoms with van der Waals surface area (Å²) in [5, 5.41) is 8.67. The van der Waals surface area contributed by atoms with Gasteiger partial charge in [0.2, 0.25) is 5.91 Å². The number of hydrogen-bond acceptors (Lipinski definition) is 4. The van der Waals surface area contributed by atoms with E-state index in [0.29, 0.717) is 0 Å². The molecule has 1 aliphatic heterocycles. The molecule has 0 fully saturated rings. The third-order valence-corrected chi connectivity index (χ3v) is 3.91. The molecular weight excluding hydrogens is 304 g/mol. The maximum Gasteiger partial charge on any atom is 0.271 e. The van der Waals surface area contributed by atoms with Crippen LogP contribution in [0.4, 0.5) is 11.4 Å². The number of carbonyl (C=O) groups excluding carboxylic acids is 2. The molecule has 0 aliphatic carbocycles. The van der Waals surface area contributed by atoms with Crippen molar-refractivity contribution in [1.82, 2.24) is 0 Å². The van der Waals surface area contributed by atoms with Gasteiger partial charge in [-0.3, -0.25) is 14.6 Å². The van der Waals surface area contributed by atoms with E-state index >= 15 is 0 Å². The highest BCUT2D eigenvalue weighted by Gasteiger charge is 2.34. The summed E-state index contributed by atoms with van der Waals surface area (Å²) in [7, 11) is 0. The quantitative estimate of drug-likeness (QED) is 0.903. The van der Waals surface area contributed by atoms with Crippen LogP contribution in [0.2, 0.25) is 0 Å². The van der Waals surface area contributed by atoms with Crippen molar-refractivity contribution in [2.75, 3.05) is 10.3 Å². The third-order valence-electron chi connectivity index (χ3n) is 3.91. The van der Waals surface area contributed by atoms with E-state index < -0.39 is 11.9 Å². The smallest absolute Gasteiger partial charge is 0.271 e. The molecule has 3 rings (SSSR count). The van der Waals surface area contributed by atoms with Crippen molar-refractivity contribution in [3.63, 3.8) is 0 Å². The van der Waals surface area contributed by atoms with Crippen LogP contribution >= 0.6 is 0 Å². The molecule has 2 aromatic carbocycles. The molecule has 0 spiro atoms. The molecule has 1 atom stereocenters. The Morgan fingerprint density at radius 2 is 1.79 bits per heavy atom. The van der Waals surface area contributed by atoms with E-state index in [1.807, 2.05) is 61.5 Å². The van der Waals surface area contributed by atoms with Crippen LogP contribution in [0.3, 0.4) is 0 Å². The molecule has 2 amide bonds. The number of nitrogens with zero attached hydrogens (tertiary/aromatic N) is 2. The Balaban J connectivity index is 1.84. The summed E-state index contributed by atoms with van der Waals surface area (Å²) in [5.74, 6) is -0.838. The summed E-state index contributed by atoms with van der Waals surface area (Å²) >= 11 is 0. The molecule has 0 saturated heterocycles. The number of carbonyl (C=O) groups is 2. The lowest BCUT2D eigenvalue weighted by Gasteiger charge is -2.20. The summed E-state index contributed by atoms with van der Waals surface area (Å²) < 4.78 is 0. The minimum absolute atomic E-state index is 0.182. The normalized spacial score (nSPS) is 16.6. The van der Waals surface area contributed by atoms with E-state index in [0.717, 1.165) is 16.9 Å². The molecule has 1 unspecified atom stereocenters. The number of benzene rings is 2. The molecule has 0 saturated carbocycles. The maximum atomic E-state index is 12.5. The molecule has 2 aromatic rings. The number of hydrogen-bond donors (Lipinski definition) is 2. The Morgan fingerprint density at radius 3 is 2.46 bits per heavy atom. The van der Waals surface area contributed by atoms with Gasteiger partial charge in [0.05, 0.1) is 5.69 Å². The summed E-state index contributed by atoms with van der Waals surface area (Å²) in [6.45, 7) is 1.91. The summed E-state index contributed by atoms with van der Waals surface area (Å²) in [4.78, 5) is 24.2. The van der Waals surface area contributed by atoms with E-state index in [4.69, 9.17) is 5.73 Å². The van der Waals surface area contributed by atoms with Gasteiger partial charge < -0.3 is 11.1 Å². The van der Waals surface area contributed by atoms with Crippen LogP contribution in [0, 0.1) is 6.92 Å². The maximum absolute atomic E-state index is 12.5. The van der Waals surface area contributed by atoms with Crippen molar-refractivity contribution >= 4 is 28.9 Å². The molecule has 122 valence electrons. The van der Waals surface area contributed by atoms with Crippen molar-refractivity contribution in [1.29, 1.82) is 0 Å². The highest BCUT2D eigenvalue weighted by molar-refractivity contribution is 6.44. The number of aryl methyl sites for hydroxylation is 1. The number of para-hydroxylation sites is 2. The van der Waals surface area contributed by atoms with E-state index in [-0.39, 0.29) is 18.0 Å². The molecule has 0 aromatic heterocycles. The topological polar surface area (TPSA) is 87.8 Å². The van der Waals surface area contributed by atoms with Gasteiger partial charge in [-0.1, -0.05) is 36.4 Å². The van der Waals surface area contributed by atoms with Crippen LogP contribution < -0.4 is 16.1 Å². The first-order valence-electron chi connectivity index (χ1n) is 7.64. The van der Waals surface area contributed by atoms with Crippen molar-refractivity contribution in [2.24, 2.45) is 10.8 Å². The zero-order chi connectivity index (χ0) is 17.1. The van der Waals surface area contributed by atoms with E-state index in [9.17, 15) is 9.59 Å². The fraction of sp³-hybridized carbons (Fsp3) is 0.167. The minimum Gasteiger partial charge on any atom is -0.368 e. The Labute approximate surface area is 140 Å². The molecular formula is C18H18N4O2. The van der Waals surface area contributed by atoms with Crippen LogP contribution in [0.1, 0.15) is 12.0 Å². The molecule has 0 bridgehead atoms. The monoisotopic (exact) mass is 322 g/mol. The zero-order valence-electron chi connectivity index (χ0n) is 13.3. The van der Waals surface area contributed by atoms with Gasteiger partial charge in [-0.15, -0.1) is 0 Å². The molecule has 24 heavy (non-hydrogen) atoms. The first-order chi connectivity index (χ1) is 11.6. The predicted octanol–water partition coefficient (Wildman–Crippen LogP) is 2.05. The van der Waals surface area contributed by atoms with Crippen LogP contribution in [-0.2, 0) is 9.59 Å². The van der Waals surface area contributed by atoms with Crippen molar-refractivity contribution < 1.29 is 9.59 Å². The molecule has 1 aliphatic rings. The summed E-state index contributed by atoms with van der Waals surface area (Å²) in [6.07, 6.45) is 0.182. The lowest BCUT2D eigenvalue weighted by Crippen LogP contribution is -2.39. The van der Waals surface area contributed by atoms with E-state index in [1.165, 1.54) is 5.01 Å². The van der Waals surface area contributed by atoms with Crippen LogP contribution in [0.15, 0.2) is 59.7 Å². The largest absolute Gasteiger partial charge is 0.368 e. The summed E-state index contributed by atoms with van der Waals surface area (Å²) in [6, 6.07) is 16.0. The number of nitrogens with two attached hydrogens (primary N) is 1. The first-order valence-corrected chi connectivity index (χ1v) is 7.64. The second kappa shape index (κ2) is 6.54. The Morgan fingerprint density at radius 1 is 1.12 bits per heavy atom. The zero-order valence-corrected chi connectivity index (χ0v) is 13.3. The molecule has 3 N–H and O–H groups in total. The fourth-order valence-electron chi connectivity index (χ4n) is 2.60. The van der Waals surface area contributed by atoms with Crippen LogP contribution in [0.25, 0.3) is 0 Å². The van der Waals surface area contributed by atoms with Gasteiger partial charge in [0.15, 0.2) is 0 Å². The lowest BCUT2D eigenvalue weighted by atomic mass is 10.1. The highest BCUT2D eigenvalue weighted by atomic mass is 16.2. The summed E-state index contributed by atoms with van der Waals surface area (Å²) in [5.41, 5.74) is 8.16. The van der Waals surface area contributed by atoms with Crippen molar-refractivity contribution in [3.05, 3.63) is 60.2 Å². The minimum atomic E-state index is -0.662. The Hall–Kier alpha value is -3.15. The number of rotatable bonds is 4. The van der Waals surface area contributed by atoms with Crippen LogP contribution in [0.5, 0.6) is 0 Å². The molecule has 6 nitrogen and oxygen atoms in total. The fourth-order valence-corrected chi connectivity index (χ4v) is 2.60. The Bertz CT molecular complexity index is 802. The molecule has 1 heterocycles. The average molecular weight is 322 g/mol. The van der Waals surface area contributed by atoms with Gasteiger partial charge >= 0.3 is 0 Å². The van der Waals surface area contributed by atoms with Gasteiger partial charge in [-0.25, -0.2) is 0 Å². The lowest BCUT2D eigenvalue weighted by molar-refractivity contribution is -0.119. The second-order valence-electron chi connectivity index (χ2n) is 5.62. The average Bonchev–Trinajstić information content (AvgIpc) is 3.03. The molecule has 0 radical (unpaired) electrons. The van der Waals surface area contributed by atoms with Crippen molar-refractivity contribution in [3.8, 4) is 0 Å². The highest BCUT2D eigenvalue weighted by Crippen LogP contribution is 2.25. The van der Waals surface area contributed by atoms with Gasteiger partial charge in [0, 0.05) is 12.1 Å². The molecule has 6 heteroatoms. The Kier molecular flexibility index (Phi) is 4.29. The number of primary amides is 1. The second-order valence-corrected chi connectivity index (χ2v) is 5.62. The third kappa shape index (κ3) is 3.12. The van der Waals surface area contributed by atoms with E-state index in [1.54, 1.807) is 0 Å². The van der Waals surface area contributed by atoms with Crippen molar-refractivity contribution in [2.45, 2.75) is 19.4 Å². The number of nitrogens with one attached hydrogen (secondary N) is 1. The number of amides is 2. The SMILES string of the molecule is Cc1ccccc1NC(=O)C1=NN(c2ccccc2)C(C(N)=O)C1. The number of anilines is 2. The first kappa shape index (κ1) is 15.7. The van der Waals surface area contributed by atoms with Crippen LogP contribution in [-0.4, -0.2) is 23.6 Å². The van der Waals surface area contributed by atoms with E-state index in [2.05, 4.69) is 10.4 Å². The van der Waals surface area contributed by atoms with Gasteiger partial charge in [0.25, 0.3) is 5.91 Å². The van der Waals surface area contributed by atoms with Gasteiger partial charge in [-0.2, -0.15) is 5.10 Å².